The predicted molar refractivity (Wildman–Crippen MR) is 85.3 cm³/mol. The van der Waals surface area contributed by atoms with E-state index in [0.717, 1.165) is 23.4 Å². The number of nitrogens with zero attached hydrogens (tertiary/aromatic N) is 5. The number of hydrazone groups is 1. The number of benzene rings is 1. The van der Waals surface area contributed by atoms with E-state index in [-0.39, 0.29) is 18.8 Å². The van der Waals surface area contributed by atoms with Gasteiger partial charge >= 0.3 is 6.09 Å². The third kappa shape index (κ3) is 3.74. The van der Waals surface area contributed by atoms with Crippen molar-refractivity contribution in [1.82, 2.24) is 20.4 Å². The molecule has 0 bridgehead atoms. The molecule has 3 rings (SSSR count). The molecule has 2 N–H and O–H groups in total. The first-order valence-corrected chi connectivity index (χ1v) is 7.37. The molecule has 0 aliphatic carbocycles. The molecule has 2 heterocycles. The fourth-order valence-electron chi connectivity index (χ4n) is 2.38. The maximum Gasteiger partial charge on any atom is 0.414 e. The van der Waals surface area contributed by atoms with E-state index in [1.165, 1.54) is 10.9 Å². The maximum atomic E-state index is 14.1. The van der Waals surface area contributed by atoms with E-state index >= 15 is 0 Å². The molecule has 26 heavy (non-hydrogen) atoms. The number of ether oxygens (including phenoxy) is 1. The zero-order valence-corrected chi connectivity index (χ0v) is 13.2. The van der Waals surface area contributed by atoms with Crippen molar-refractivity contribution in [2.24, 2.45) is 5.10 Å². The van der Waals surface area contributed by atoms with Crippen LogP contribution < -0.4 is 15.6 Å². The molecule has 1 aromatic carbocycles. The Morgan fingerprint density at radius 2 is 2.15 bits per heavy atom. The number of carbonyl (C=O) groups excluding carboxylic acids is 2. The SMILES string of the molecule is O=CN/N=C\Nc1c(F)cc(N2C[C@H](Cn3ccnn3)OC2=O)cc1F. The summed E-state index contributed by atoms with van der Waals surface area (Å²) in [5, 5.41) is 13.0. The van der Waals surface area contributed by atoms with Gasteiger partial charge in [-0.25, -0.2) is 23.7 Å². The van der Waals surface area contributed by atoms with Gasteiger partial charge in [0.15, 0.2) is 11.6 Å². The van der Waals surface area contributed by atoms with Crippen LogP contribution in [0, 0.1) is 11.6 Å². The second-order valence-corrected chi connectivity index (χ2v) is 5.18. The summed E-state index contributed by atoms with van der Waals surface area (Å²) in [4.78, 5) is 23.2. The Balaban J connectivity index is 1.72. The van der Waals surface area contributed by atoms with Crippen LogP contribution in [0.4, 0.5) is 25.0 Å². The summed E-state index contributed by atoms with van der Waals surface area (Å²) in [7, 11) is 0. The number of amides is 2. The van der Waals surface area contributed by atoms with Crippen LogP contribution in [0.3, 0.4) is 0 Å². The molecular formula is C14H13F2N7O3. The average Bonchev–Trinajstić information content (AvgIpc) is 3.23. The van der Waals surface area contributed by atoms with Gasteiger partial charge in [0.1, 0.15) is 18.1 Å². The van der Waals surface area contributed by atoms with Gasteiger partial charge in [-0.2, -0.15) is 5.10 Å². The van der Waals surface area contributed by atoms with E-state index in [0.29, 0.717) is 6.41 Å². The highest BCUT2D eigenvalue weighted by atomic mass is 19.1. The minimum absolute atomic E-state index is 0.0135. The van der Waals surface area contributed by atoms with Gasteiger partial charge < -0.3 is 10.1 Å². The largest absolute Gasteiger partial charge is 0.442 e. The number of cyclic esters (lactones) is 1. The minimum Gasteiger partial charge on any atom is -0.442 e. The number of halogens is 2. The smallest absolute Gasteiger partial charge is 0.414 e. The van der Waals surface area contributed by atoms with Gasteiger partial charge in [-0.3, -0.25) is 9.69 Å². The van der Waals surface area contributed by atoms with Crippen LogP contribution in [0.2, 0.25) is 0 Å². The average molecular weight is 365 g/mol. The van der Waals surface area contributed by atoms with E-state index in [1.807, 2.05) is 5.43 Å². The molecule has 1 aliphatic heterocycles. The minimum atomic E-state index is -0.940. The van der Waals surface area contributed by atoms with Gasteiger partial charge in [-0.15, -0.1) is 5.10 Å². The van der Waals surface area contributed by atoms with Gasteiger partial charge in [-0.05, 0) is 0 Å². The lowest BCUT2D eigenvalue weighted by molar-refractivity contribution is -0.109. The Labute approximate surface area is 145 Å². The summed E-state index contributed by atoms with van der Waals surface area (Å²) in [5.74, 6) is -1.88. The number of hydrogen-bond donors (Lipinski definition) is 2. The van der Waals surface area contributed by atoms with Crippen LogP contribution in [0.25, 0.3) is 0 Å². The molecule has 2 amide bonds. The van der Waals surface area contributed by atoms with Crippen molar-refractivity contribution >= 4 is 30.2 Å². The van der Waals surface area contributed by atoms with E-state index < -0.39 is 29.5 Å². The molecule has 0 unspecified atom stereocenters. The van der Waals surface area contributed by atoms with Crippen molar-refractivity contribution in [1.29, 1.82) is 0 Å². The van der Waals surface area contributed by atoms with E-state index in [1.54, 1.807) is 6.20 Å². The lowest BCUT2D eigenvalue weighted by atomic mass is 10.2. The lowest BCUT2D eigenvalue weighted by Crippen LogP contribution is -2.26. The lowest BCUT2D eigenvalue weighted by Gasteiger charge is -2.15. The predicted octanol–water partition coefficient (Wildman–Crippen LogP) is 0.683. The molecule has 1 aliphatic rings. The fraction of sp³-hybridized carbons (Fsp3) is 0.214. The number of aromatic nitrogens is 3. The highest BCUT2D eigenvalue weighted by Gasteiger charge is 2.33. The molecule has 0 spiro atoms. The van der Waals surface area contributed by atoms with Gasteiger partial charge in [-0.1, -0.05) is 5.21 Å². The van der Waals surface area contributed by atoms with Crippen LogP contribution in [-0.4, -0.2) is 46.5 Å². The van der Waals surface area contributed by atoms with Crippen molar-refractivity contribution in [3.63, 3.8) is 0 Å². The fourth-order valence-corrected chi connectivity index (χ4v) is 2.38. The molecule has 10 nitrogen and oxygen atoms in total. The first-order valence-electron chi connectivity index (χ1n) is 7.37. The van der Waals surface area contributed by atoms with Crippen molar-refractivity contribution in [2.75, 3.05) is 16.8 Å². The summed E-state index contributed by atoms with van der Waals surface area (Å²) in [6, 6.07) is 1.98. The normalized spacial score (nSPS) is 16.8. The van der Waals surface area contributed by atoms with E-state index in [9.17, 15) is 18.4 Å². The molecule has 0 saturated carbocycles. The molecule has 1 aromatic heterocycles. The van der Waals surface area contributed by atoms with Crippen LogP contribution in [0.5, 0.6) is 0 Å². The summed E-state index contributed by atoms with van der Waals surface area (Å²) < 4.78 is 35.0. The van der Waals surface area contributed by atoms with Gasteiger partial charge in [0.05, 0.1) is 25.0 Å². The number of nitrogens with one attached hydrogen (secondary N) is 2. The molecule has 1 atom stereocenters. The topological polar surface area (TPSA) is 114 Å². The molecule has 1 fully saturated rings. The number of hydrogen-bond acceptors (Lipinski definition) is 6. The summed E-state index contributed by atoms with van der Waals surface area (Å²) in [6.45, 7) is 0.377. The quantitative estimate of drug-likeness (QED) is 0.323. The summed E-state index contributed by atoms with van der Waals surface area (Å²) in [5.41, 5.74) is 1.48. The number of rotatable bonds is 7. The van der Waals surface area contributed by atoms with Gasteiger partial charge in [0.25, 0.3) is 0 Å². The highest BCUT2D eigenvalue weighted by molar-refractivity contribution is 5.90. The van der Waals surface area contributed by atoms with Crippen LogP contribution in [-0.2, 0) is 16.1 Å². The van der Waals surface area contributed by atoms with E-state index in [4.69, 9.17) is 4.74 Å². The van der Waals surface area contributed by atoms with Crippen LogP contribution in [0.15, 0.2) is 29.6 Å². The molecular weight excluding hydrogens is 352 g/mol. The zero-order valence-electron chi connectivity index (χ0n) is 13.2. The molecule has 1 saturated heterocycles. The maximum absolute atomic E-state index is 14.1. The van der Waals surface area contributed by atoms with Crippen molar-refractivity contribution < 1.29 is 23.1 Å². The van der Waals surface area contributed by atoms with Gasteiger partial charge in [0.2, 0.25) is 6.41 Å². The molecule has 2 aromatic rings. The van der Waals surface area contributed by atoms with Crippen molar-refractivity contribution in [3.8, 4) is 0 Å². The standard InChI is InChI=1S/C14H13F2N7O3/c15-11-3-9(4-12(16)13(11)17-7-19-20-8-24)23-6-10(26-14(23)25)5-22-2-1-18-21-22/h1-4,7-8,10H,5-6H2,(H,17,19)(H,20,24)/t10-/m0/s1. The Kier molecular flexibility index (Phi) is 5.01. The number of carbonyl (C=O) groups is 2. The monoisotopic (exact) mass is 365 g/mol. The van der Waals surface area contributed by atoms with Crippen LogP contribution in [0.1, 0.15) is 0 Å². The molecule has 136 valence electrons. The van der Waals surface area contributed by atoms with E-state index in [2.05, 4.69) is 20.7 Å². The van der Waals surface area contributed by atoms with Crippen molar-refractivity contribution in [2.45, 2.75) is 12.6 Å². The molecule has 0 radical (unpaired) electrons. The van der Waals surface area contributed by atoms with Gasteiger partial charge in [0, 0.05) is 18.3 Å². The second-order valence-electron chi connectivity index (χ2n) is 5.18. The zero-order chi connectivity index (χ0) is 18.5. The first kappa shape index (κ1) is 17.3. The summed E-state index contributed by atoms with van der Waals surface area (Å²) >= 11 is 0. The second kappa shape index (κ2) is 7.55. The van der Waals surface area contributed by atoms with Crippen molar-refractivity contribution in [3.05, 3.63) is 36.2 Å². The number of anilines is 2. The Hall–Kier alpha value is -3.57. The Morgan fingerprint density at radius 3 is 2.81 bits per heavy atom. The highest BCUT2D eigenvalue weighted by Crippen LogP contribution is 2.28. The van der Waals surface area contributed by atoms with Crippen LogP contribution >= 0.6 is 0 Å². The molecule has 12 heteroatoms. The Morgan fingerprint density at radius 1 is 1.38 bits per heavy atom. The summed E-state index contributed by atoms with van der Waals surface area (Å²) in [6.07, 6.45) is 3.05. The third-order valence-electron chi connectivity index (χ3n) is 3.48. The first-order chi connectivity index (χ1) is 12.6. The third-order valence-corrected chi connectivity index (χ3v) is 3.48. The Bertz CT molecular complexity index is 805.